The minimum atomic E-state index is -4.55. The second-order valence-corrected chi connectivity index (χ2v) is 9.25. The summed E-state index contributed by atoms with van der Waals surface area (Å²) < 4.78 is 53.9. The van der Waals surface area contributed by atoms with Gasteiger partial charge >= 0.3 is 6.18 Å². The summed E-state index contributed by atoms with van der Waals surface area (Å²) in [5.41, 5.74) is -1.81. The topological polar surface area (TPSA) is 74.3 Å². The molecule has 1 atom stereocenters. The molecule has 1 aromatic carbocycles. The third-order valence-electron chi connectivity index (χ3n) is 6.89. The first-order valence-electron chi connectivity index (χ1n) is 11.7. The molecule has 1 aliphatic heterocycles. The lowest BCUT2D eigenvalue weighted by atomic mass is 9.79. The quantitative estimate of drug-likeness (QED) is 0.602. The van der Waals surface area contributed by atoms with Gasteiger partial charge in [0.2, 0.25) is 5.91 Å². The van der Waals surface area contributed by atoms with E-state index >= 15 is 4.39 Å². The second-order valence-electron chi connectivity index (χ2n) is 9.25. The number of pyridine rings is 1. The number of carbonyl (C=O) groups is 2. The molecule has 1 aliphatic carbocycles. The largest absolute Gasteiger partial charge is 0.416 e. The zero-order valence-electron chi connectivity index (χ0n) is 19.2. The molecule has 35 heavy (non-hydrogen) atoms. The highest BCUT2D eigenvalue weighted by Gasteiger charge is 2.40. The van der Waals surface area contributed by atoms with Crippen LogP contribution in [0.3, 0.4) is 0 Å². The summed E-state index contributed by atoms with van der Waals surface area (Å²) in [5.74, 6) is -1.15. The van der Waals surface area contributed by atoms with Crippen molar-refractivity contribution in [3.8, 4) is 0 Å². The van der Waals surface area contributed by atoms with Crippen LogP contribution in [0.5, 0.6) is 0 Å². The number of rotatable bonds is 6. The van der Waals surface area contributed by atoms with E-state index in [9.17, 15) is 22.8 Å². The van der Waals surface area contributed by atoms with Crippen molar-refractivity contribution in [2.24, 2.45) is 0 Å². The van der Waals surface area contributed by atoms with Gasteiger partial charge in [-0.3, -0.25) is 19.5 Å². The van der Waals surface area contributed by atoms with Gasteiger partial charge in [-0.05, 0) is 56.4 Å². The predicted molar refractivity (Wildman–Crippen MR) is 121 cm³/mol. The molecule has 6 nitrogen and oxygen atoms in total. The molecule has 0 unspecified atom stereocenters. The number of amides is 2. The van der Waals surface area contributed by atoms with Crippen molar-refractivity contribution >= 4 is 11.8 Å². The van der Waals surface area contributed by atoms with E-state index in [-0.39, 0.29) is 24.2 Å². The lowest BCUT2D eigenvalue weighted by Crippen LogP contribution is -2.45. The average molecular weight is 493 g/mol. The van der Waals surface area contributed by atoms with Crippen LogP contribution in [0.25, 0.3) is 0 Å². The molecule has 10 heteroatoms. The number of halogens is 4. The number of carbonyl (C=O) groups excluding carboxylic acids is 2. The van der Waals surface area contributed by atoms with E-state index in [1.807, 2.05) is 0 Å². The Morgan fingerprint density at radius 3 is 2.57 bits per heavy atom. The number of nitrogens with one attached hydrogen (secondary N) is 2. The van der Waals surface area contributed by atoms with Crippen molar-refractivity contribution < 1.29 is 27.2 Å². The SMILES string of the molecule is O=C(CNC(=O)c1cccc(C(F)(F)F)c1)N[C@@H]1CCN(C2CCC(F)(c3cccnc3)CC2)C1. The van der Waals surface area contributed by atoms with Crippen LogP contribution in [0.4, 0.5) is 17.6 Å². The molecule has 0 bridgehead atoms. The minimum absolute atomic E-state index is 0.0941. The molecule has 0 spiro atoms. The molecule has 1 saturated heterocycles. The Kier molecular flexibility index (Phi) is 7.39. The Hall–Kier alpha value is -3.01. The van der Waals surface area contributed by atoms with Crippen molar-refractivity contribution in [2.75, 3.05) is 19.6 Å². The summed E-state index contributed by atoms with van der Waals surface area (Å²) >= 11 is 0. The van der Waals surface area contributed by atoms with Crippen molar-refractivity contribution in [2.45, 2.75) is 56.0 Å². The molecular formula is C25H28F4N4O2. The normalized spacial score (nSPS) is 25.3. The number of benzene rings is 1. The van der Waals surface area contributed by atoms with Crippen molar-refractivity contribution in [1.29, 1.82) is 0 Å². The van der Waals surface area contributed by atoms with Crippen LogP contribution >= 0.6 is 0 Å². The number of likely N-dealkylation sites (tertiary alicyclic amines) is 1. The van der Waals surface area contributed by atoms with E-state index in [4.69, 9.17) is 0 Å². The Bertz CT molecular complexity index is 1040. The van der Waals surface area contributed by atoms with Crippen molar-refractivity contribution in [3.05, 3.63) is 65.5 Å². The van der Waals surface area contributed by atoms with Crippen LogP contribution in [0.1, 0.15) is 53.6 Å². The van der Waals surface area contributed by atoms with Crippen molar-refractivity contribution in [3.63, 3.8) is 0 Å². The number of aromatic nitrogens is 1. The molecule has 2 aliphatic rings. The fraction of sp³-hybridized carbons (Fsp3) is 0.480. The first-order chi connectivity index (χ1) is 16.6. The summed E-state index contributed by atoms with van der Waals surface area (Å²) in [4.78, 5) is 30.8. The third-order valence-corrected chi connectivity index (χ3v) is 6.89. The molecule has 2 heterocycles. The number of nitrogens with zero attached hydrogens (tertiary/aromatic N) is 2. The highest BCUT2D eigenvalue weighted by Crippen LogP contribution is 2.42. The fourth-order valence-electron chi connectivity index (χ4n) is 4.96. The highest BCUT2D eigenvalue weighted by molar-refractivity contribution is 5.96. The maximum absolute atomic E-state index is 15.4. The summed E-state index contributed by atoms with van der Waals surface area (Å²) in [7, 11) is 0. The van der Waals surface area contributed by atoms with Gasteiger partial charge in [0.25, 0.3) is 5.91 Å². The van der Waals surface area contributed by atoms with Gasteiger partial charge in [0.15, 0.2) is 0 Å². The van der Waals surface area contributed by atoms with E-state index in [2.05, 4.69) is 20.5 Å². The van der Waals surface area contributed by atoms with E-state index < -0.39 is 29.2 Å². The molecule has 2 N–H and O–H groups in total. The lowest BCUT2D eigenvalue weighted by molar-refractivity contribution is -0.137. The average Bonchev–Trinajstić information content (AvgIpc) is 3.31. The number of hydrogen-bond donors (Lipinski definition) is 2. The first kappa shape index (κ1) is 25.1. The molecule has 2 fully saturated rings. The van der Waals surface area contributed by atoms with Gasteiger partial charge in [0.1, 0.15) is 5.67 Å². The molecule has 1 aromatic heterocycles. The zero-order chi connectivity index (χ0) is 25.1. The van der Waals surface area contributed by atoms with Gasteiger partial charge in [-0.1, -0.05) is 12.1 Å². The van der Waals surface area contributed by atoms with E-state index in [0.717, 1.165) is 44.0 Å². The van der Waals surface area contributed by atoms with Crippen LogP contribution in [0, 0.1) is 0 Å². The van der Waals surface area contributed by atoms with Crippen LogP contribution in [-0.4, -0.2) is 53.4 Å². The Labute approximate surface area is 201 Å². The molecule has 1 saturated carbocycles. The molecular weight excluding hydrogens is 464 g/mol. The molecule has 0 radical (unpaired) electrons. The van der Waals surface area contributed by atoms with Crippen LogP contribution < -0.4 is 10.6 Å². The van der Waals surface area contributed by atoms with Gasteiger partial charge in [0.05, 0.1) is 12.1 Å². The maximum atomic E-state index is 15.4. The zero-order valence-corrected chi connectivity index (χ0v) is 19.2. The van der Waals surface area contributed by atoms with Crippen LogP contribution in [-0.2, 0) is 16.6 Å². The molecule has 2 amide bonds. The van der Waals surface area contributed by atoms with Crippen LogP contribution in [0.2, 0.25) is 0 Å². The molecule has 4 rings (SSSR count). The van der Waals surface area contributed by atoms with Crippen molar-refractivity contribution in [1.82, 2.24) is 20.5 Å². The summed E-state index contributed by atoms with van der Waals surface area (Å²) in [6.45, 7) is 1.10. The standard InChI is InChI=1S/C25H28F4N4O2/c26-24(19-5-2-11-30-14-19)9-6-21(7-10-24)33-12-8-20(16-33)32-22(34)15-31-23(35)17-3-1-4-18(13-17)25(27,28)29/h1-5,11,13-14,20-21H,6-10,12,15-16H2,(H,31,35)(H,32,34)/t20-,21?,24?/m1/s1. The first-order valence-corrected chi connectivity index (χ1v) is 11.7. The summed E-state index contributed by atoms with van der Waals surface area (Å²) in [5, 5.41) is 5.25. The van der Waals surface area contributed by atoms with E-state index in [0.29, 0.717) is 24.9 Å². The number of alkyl halides is 4. The maximum Gasteiger partial charge on any atom is 0.416 e. The van der Waals surface area contributed by atoms with Crippen LogP contribution in [0.15, 0.2) is 48.8 Å². The molecule has 2 aromatic rings. The lowest BCUT2D eigenvalue weighted by Gasteiger charge is -2.38. The smallest absolute Gasteiger partial charge is 0.350 e. The van der Waals surface area contributed by atoms with Gasteiger partial charge in [-0.15, -0.1) is 0 Å². The number of hydrogen-bond acceptors (Lipinski definition) is 4. The fourth-order valence-corrected chi connectivity index (χ4v) is 4.96. The Morgan fingerprint density at radius 2 is 1.89 bits per heavy atom. The predicted octanol–water partition coefficient (Wildman–Crippen LogP) is 3.83. The van der Waals surface area contributed by atoms with E-state index in [1.54, 1.807) is 24.5 Å². The van der Waals surface area contributed by atoms with Gasteiger partial charge < -0.3 is 10.6 Å². The monoisotopic (exact) mass is 492 g/mol. The Balaban J connectivity index is 1.21. The molecule has 188 valence electrons. The van der Waals surface area contributed by atoms with E-state index in [1.165, 1.54) is 6.07 Å². The van der Waals surface area contributed by atoms with Gasteiger partial charge in [0, 0.05) is 48.7 Å². The van der Waals surface area contributed by atoms with Gasteiger partial charge in [-0.2, -0.15) is 13.2 Å². The summed E-state index contributed by atoms with van der Waals surface area (Å²) in [6.07, 6.45) is 1.72. The third kappa shape index (κ3) is 6.17. The Morgan fingerprint density at radius 1 is 1.11 bits per heavy atom. The second kappa shape index (κ2) is 10.3. The van der Waals surface area contributed by atoms with Gasteiger partial charge in [-0.25, -0.2) is 4.39 Å². The highest BCUT2D eigenvalue weighted by atomic mass is 19.4. The summed E-state index contributed by atoms with van der Waals surface area (Å²) in [6, 6.07) is 7.74. The minimum Gasteiger partial charge on any atom is -0.350 e.